The van der Waals surface area contributed by atoms with Gasteiger partial charge in [0.15, 0.2) is 0 Å². The van der Waals surface area contributed by atoms with Gasteiger partial charge in [0.2, 0.25) is 0 Å². The first kappa shape index (κ1) is 36.4. The second-order valence-electron chi connectivity index (χ2n) is 12.4. The Morgan fingerprint density at radius 3 is 2.04 bits per heavy atom. The second kappa shape index (κ2) is 13.4. The maximum Gasteiger partial charge on any atom is 0.416 e. The van der Waals surface area contributed by atoms with E-state index in [1.807, 2.05) is 12.1 Å². The summed E-state index contributed by atoms with van der Waals surface area (Å²) >= 11 is 0.545. The van der Waals surface area contributed by atoms with E-state index in [0.29, 0.717) is 73.4 Å². The number of hydrogen-bond acceptors (Lipinski definition) is 5. The molecule has 6 nitrogen and oxygen atoms in total. The van der Waals surface area contributed by atoms with Crippen LogP contribution in [0.25, 0.3) is 11.1 Å². The van der Waals surface area contributed by atoms with Gasteiger partial charge in [-0.1, -0.05) is 23.9 Å². The first-order valence-corrected chi connectivity index (χ1v) is 16.2. The summed E-state index contributed by atoms with van der Waals surface area (Å²) in [5, 5.41) is 7.57. The second-order valence-corrected chi connectivity index (χ2v) is 13.5. The fourth-order valence-corrected chi connectivity index (χ4v) is 7.64. The van der Waals surface area contributed by atoms with Gasteiger partial charge in [0, 0.05) is 24.1 Å². The molecule has 1 saturated carbocycles. The summed E-state index contributed by atoms with van der Waals surface area (Å²) in [5.74, 6) is -4.30. The molecule has 0 unspecified atom stereocenters. The number of aromatic nitrogens is 1. The zero-order chi connectivity index (χ0) is 36.1. The van der Waals surface area contributed by atoms with Crippen molar-refractivity contribution in [2.24, 2.45) is 5.92 Å². The SMILES string of the molecule is COc1ccc([C@H]2CC[C@H](C(=O)O)CC2)cc1-c1ccc(C(C)(F)F)nc1CN1C(=O)S[C@H](c2cc(C(F)(F)F)cc(C(F)(F)F)c2)[C@@H]1C. The minimum Gasteiger partial charge on any atom is -0.496 e. The van der Waals surface area contributed by atoms with Crippen LogP contribution in [0, 0.1) is 5.92 Å². The molecule has 3 aromatic rings. The van der Waals surface area contributed by atoms with Gasteiger partial charge in [-0.25, -0.2) is 4.98 Å². The van der Waals surface area contributed by atoms with Crippen molar-refractivity contribution in [2.75, 3.05) is 7.11 Å². The fraction of sp³-hybridized carbons (Fsp3) is 0.441. The normalized spacial score (nSPS) is 22.0. The van der Waals surface area contributed by atoms with Crippen LogP contribution in [-0.4, -0.2) is 39.4 Å². The molecular formula is C34H32F8N2O4S. The van der Waals surface area contributed by atoms with Gasteiger partial charge in [-0.2, -0.15) is 35.1 Å². The zero-order valence-electron chi connectivity index (χ0n) is 26.5. The highest BCUT2D eigenvalue weighted by atomic mass is 32.2. The Kier molecular flexibility index (Phi) is 9.99. The molecule has 1 amide bonds. The number of carboxylic acid groups (broad SMARTS) is 1. The molecule has 2 atom stereocenters. The lowest BCUT2D eigenvalue weighted by Crippen LogP contribution is -2.32. The van der Waals surface area contributed by atoms with Crippen molar-refractivity contribution in [3.8, 4) is 16.9 Å². The lowest BCUT2D eigenvalue weighted by molar-refractivity contribution is -0.144. The number of halogens is 8. The van der Waals surface area contributed by atoms with E-state index in [0.717, 1.165) is 11.6 Å². The number of hydrogen-bond donors (Lipinski definition) is 1. The molecule has 1 aliphatic carbocycles. The standard InChI is InChI=1S/C34H32F8N2O4S/c1-17-29(21-12-22(33(37,38)39)15-23(13-21)34(40,41)42)49-31(47)44(17)16-26-24(9-11-28(43-26)32(2,35)36)25-14-20(8-10-27(25)48-3)18-4-6-19(7-5-18)30(45)46/h8-15,17-19,29H,4-7,16H2,1-3H3,(H,45,46)/t17-,18-,19-,29-/m0/s1. The number of amides is 1. The van der Waals surface area contributed by atoms with Gasteiger partial charge >= 0.3 is 18.3 Å². The highest BCUT2D eigenvalue weighted by Crippen LogP contribution is 2.48. The van der Waals surface area contributed by atoms with E-state index in [1.165, 1.54) is 25.0 Å². The number of carbonyl (C=O) groups excluding carboxylic acids is 1. The number of aliphatic carboxylic acids is 1. The van der Waals surface area contributed by atoms with E-state index in [-0.39, 0.29) is 29.8 Å². The van der Waals surface area contributed by atoms with Crippen molar-refractivity contribution in [3.05, 3.63) is 82.2 Å². The van der Waals surface area contributed by atoms with Crippen molar-refractivity contribution >= 4 is 23.0 Å². The molecule has 5 rings (SSSR count). The summed E-state index contributed by atoms with van der Waals surface area (Å²) in [6.07, 6.45) is -7.98. The summed E-state index contributed by atoms with van der Waals surface area (Å²) in [5.41, 5.74) is -2.31. The van der Waals surface area contributed by atoms with Gasteiger partial charge in [0.05, 0.1) is 41.6 Å². The number of carbonyl (C=O) groups is 2. The van der Waals surface area contributed by atoms with Crippen molar-refractivity contribution in [2.45, 2.75) is 81.6 Å². The van der Waals surface area contributed by atoms with Crippen LogP contribution in [-0.2, 0) is 29.6 Å². The molecule has 2 heterocycles. The van der Waals surface area contributed by atoms with E-state index in [1.54, 1.807) is 6.07 Å². The van der Waals surface area contributed by atoms with Crippen molar-refractivity contribution in [1.82, 2.24) is 9.88 Å². The van der Waals surface area contributed by atoms with E-state index in [9.17, 15) is 49.8 Å². The van der Waals surface area contributed by atoms with Crippen molar-refractivity contribution in [3.63, 3.8) is 0 Å². The number of rotatable bonds is 8. The summed E-state index contributed by atoms with van der Waals surface area (Å²) in [4.78, 5) is 30.2. The van der Waals surface area contributed by atoms with Crippen LogP contribution in [0.1, 0.15) is 84.3 Å². The number of ether oxygens (including phenoxy) is 1. The van der Waals surface area contributed by atoms with Crippen LogP contribution in [0.3, 0.4) is 0 Å². The average molecular weight is 717 g/mol. The lowest BCUT2D eigenvalue weighted by atomic mass is 9.78. The molecule has 1 saturated heterocycles. The zero-order valence-corrected chi connectivity index (χ0v) is 27.3. The van der Waals surface area contributed by atoms with Crippen LogP contribution in [0.15, 0.2) is 48.5 Å². The van der Waals surface area contributed by atoms with Crippen LogP contribution in [0.4, 0.5) is 39.9 Å². The Morgan fingerprint density at radius 2 is 1.51 bits per heavy atom. The van der Waals surface area contributed by atoms with Gasteiger partial charge in [-0.3, -0.25) is 9.59 Å². The van der Waals surface area contributed by atoms with E-state index < -0.39 is 63.5 Å². The molecule has 2 aliphatic rings. The Hall–Kier alpha value is -3.88. The van der Waals surface area contributed by atoms with E-state index >= 15 is 0 Å². The van der Waals surface area contributed by atoms with Gasteiger partial charge in [-0.15, -0.1) is 0 Å². The average Bonchev–Trinajstić information content (AvgIpc) is 3.31. The molecule has 0 bridgehead atoms. The minimum atomic E-state index is -5.08. The highest BCUT2D eigenvalue weighted by Gasteiger charge is 2.43. The number of thioether (sulfide) groups is 1. The van der Waals surface area contributed by atoms with Crippen LogP contribution in [0.5, 0.6) is 5.75 Å². The highest BCUT2D eigenvalue weighted by molar-refractivity contribution is 8.14. The molecule has 1 aliphatic heterocycles. The lowest BCUT2D eigenvalue weighted by Gasteiger charge is -2.28. The first-order chi connectivity index (χ1) is 22.8. The molecule has 0 radical (unpaired) electrons. The largest absolute Gasteiger partial charge is 0.496 e. The van der Waals surface area contributed by atoms with Gasteiger partial charge in [0.1, 0.15) is 11.4 Å². The number of methoxy groups -OCH3 is 1. The van der Waals surface area contributed by atoms with Gasteiger partial charge in [0.25, 0.3) is 11.2 Å². The van der Waals surface area contributed by atoms with Gasteiger partial charge < -0.3 is 14.7 Å². The number of pyridine rings is 1. The molecule has 1 N–H and O–H groups in total. The molecule has 264 valence electrons. The molecule has 49 heavy (non-hydrogen) atoms. The maximum atomic E-state index is 14.5. The Balaban J connectivity index is 1.53. The third-order valence-electron chi connectivity index (χ3n) is 9.14. The molecule has 1 aromatic heterocycles. The Morgan fingerprint density at radius 1 is 0.898 bits per heavy atom. The molecule has 2 aromatic carbocycles. The fourth-order valence-electron chi connectivity index (χ4n) is 6.44. The van der Waals surface area contributed by atoms with Crippen molar-refractivity contribution in [1.29, 1.82) is 0 Å². The number of alkyl halides is 8. The first-order valence-electron chi connectivity index (χ1n) is 15.3. The molecule has 15 heteroatoms. The predicted molar refractivity (Wildman–Crippen MR) is 165 cm³/mol. The van der Waals surface area contributed by atoms with Gasteiger partial charge in [-0.05, 0) is 86.1 Å². The summed E-state index contributed by atoms with van der Waals surface area (Å²) in [7, 11) is 1.41. The predicted octanol–water partition coefficient (Wildman–Crippen LogP) is 10.1. The number of carboxylic acids is 1. The Labute approximate surface area is 280 Å². The topological polar surface area (TPSA) is 79.7 Å². The third kappa shape index (κ3) is 7.81. The van der Waals surface area contributed by atoms with Crippen LogP contribution >= 0.6 is 11.8 Å². The third-order valence-corrected chi connectivity index (χ3v) is 10.5. The van der Waals surface area contributed by atoms with Crippen molar-refractivity contribution < 1.29 is 54.6 Å². The smallest absolute Gasteiger partial charge is 0.416 e. The van der Waals surface area contributed by atoms with Crippen LogP contribution < -0.4 is 4.74 Å². The number of benzene rings is 2. The van der Waals surface area contributed by atoms with E-state index in [2.05, 4.69) is 4.98 Å². The van der Waals surface area contributed by atoms with Crippen LogP contribution in [0.2, 0.25) is 0 Å². The van der Waals surface area contributed by atoms with E-state index in [4.69, 9.17) is 4.74 Å². The minimum absolute atomic E-state index is 0.0132. The molecule has 0 spiro atoms. The summed E-state index contributed by atoms with van der Waals surface area (Å²) in [6, 6.07) is 8.12. The molecule has 2 fully saturated rings. The monoisotopic (exact) mass is 716 g/mol. The maximum absolute atomic E-state index is 14.5. The molecular weight excluding hydrogens is 684 g/mol. The Bertz CT molecular complexity index is 1700. The number of nitrogens with zero attached hydrogens (tertiary/aromatic N) is 2. The summed E-state index contributed by atoms with van der Waals surface area (Å²) in [6.45, 7) is 1.72. The quantitative estimate of drug-likeness (QED) is 0.234. The summed E-state index contributed by atoms with van der Waals surface area (Å²) < 4.78 is 116.